The molecule has 0 bridgehead atoms. The van der Waals surface area contributed by atoms with Gasteiger partial charge in [0.05, 0.1) is 5.76 Å². The van der Waals surface area contributed by atoms with E-state index in [-0.39, 0.29) is 17.6 Å². The molecule has 0 aromatic carbocycles. The summed E-state index contributed by atoms with van der Waals surface area (Å²) < 4.78 is 0. The van der Waals surface area contributed by atoms with Crippen molar-refractivity contribution in [1.82, 2.24) is 5.32 Å². The fourth-order valence-electron chi connectivity index (χ4n) is 1.60. The van der Waals surface area contributed by atoms with E-state index in [1.807, 2.05) is 27.7 Å². The summed E-state index contributed by atoms with van der Waals surface area (Å²) in [5.41, 5.74) is 0. The number of aliphatic hydroxyl groups is 1. The number of carbonyl (C=O) groups is 3. The average molecular weight is 374 g/mol. The molecule has 26 heavy (non-hydrogen) atoms. The van der Waals surface area contributed by atoms with Crippen molar-refractivity contribution in [3.8, 4) is 0 Å². The number of aliphatic carboxylic acids is 1. The number of aliphatic hydroxyl groups excluding tert-OH is 1. The Morgan fingerprint density at radius 1 is 0.962 bits per heavy atom. The number of rotatable bonds is 12. The Morgan fingerprint density at radius 3 is 1.77 bits per heavy atom. The first kappa shape index (κ1) is 28.9. The second-order valence-corrected chi connectivity index (χ2v) is 6.10. The van der Waals surface area contributed by atoms with Gasteiger partial charge in [0.2, 0.25) is 5.91 Å². The number of carbonyl (C=O) groups excluding carboxylic acids is 2. The second-order valence-electron chi connectivity index (χ2n) is 6.10. The molecule has 0 aliphatic rings. The predicted octanol–water partition coefficient (Wildman–Crippen LogP) is 4.64. The van der Waals surface area contributed by atoms with Crippen LogP contribution in [-0.4, -0.2) is 34.4 Å². The van der Waals surface area contributed by atoms with Crippen LogP contribution in [0.1, 0.15) is 86.0 Å². The lowest BCUT2D eigenvalue weighted by molar-refractivity contribution is -0.141. The Bertz CT molecular complexity index is 380. The van der Waals surface area contributed by atoms with Crippen molar-refractivity contribution in [2.75, 3.05) is 0 Å². The monoisotopic (exact) mass is 373 g/mol. The van der Waals surface area contributed by atoms with E-state index < -0.39 is 12.0 Å². The van der Waals surface area contributed by atoms with Gasteiger partial charge in [0, 0.05) is 18.8 Å². The number of amides is 1. The molecule has 3 N–H and O–H groups in total. The third-order valence-corrected chi connectivity index (χ3v) is 3.39. The van der Waals surface area contributed by atoms with Crippen molar-refractivity contribution < 1.29 is 24.6 Å². The van der Waals surface area contributed by atoms with Crippen molar-refractivity contribution >= 4 is 18.2 Å². The number of unbranched alkanes of at least 4 members (excludes halogenated alkanes) is 6. The smallest absolute Gasteiger partial charge is 0.325 e. The molecule has 0 aromatic heterocycles. The molecular formula is C20H39NO5. The van der Waals surface area contributed by atoms with E-state index >= 15 is 0 Å². The number of nitrogens with one attached hydrogen (secondary N) is 1. The van der Waals surface area contributed by atoms with Gasteiger partial charge in [-0.1, -0.05) is 60.0 Å². The van der Waals surface area contributed by atoms with Gasteiger partial charge in [-0.2, -0.15) is 0 Å². The molecule has 0 saturated carbocycles. The van der Waals surface area contributed by atoms with E-state index in [2.05, 4.69) is 11.9 Å². The number of hydrogen-bond acceptors (Lipinski definition) is 4. The fourth-order valence-corrected chi connectivity index (χ4v) is 1.60. The van der Waals surface area contributed by atoms with Crippen molar-refractivity contribution in [1.29, 1.82) is 0 Å². The van der Waals surface area contributed by atoms with Crippen LogP contribution < -0.4 is 5.32 Å². The Labute approximate surface area is 159 Å². The summed E-state index contributed by atoms with van der Waals surface area (Å²) in [7, 11) is 0. The van der Waals surface area contributed by atoms with Gasteiger partial charge in [-0.25, -0.2) is 0 Å². The molecule has 0 rings (SSSR count). The van der Waals surface area contributed by atoms with E-state index in [0.717, 1.165) is 44.8 Å². The first-order valence-electron chi connectivity index (χ1n) is 9.55. The van der Waals surface area contributed by atoms with Gasteiger partial charge in [0.25, 0.3) is 0 Å². The van der Waals surface area contributed by atoms with Gasteiger partial charge in [-0.15, -0.1) is 0 Å². The third-order valence-electron chi connectivity index (χ3n) is 3.39. The lowest BCUT2D eigenvalue weighted by Crippen LogP contribution is -2.38. The van der Waals surface area contributed by atoms with E-state index in [0.29, 0.717) is 12.8 Å². The molecule has 1 unspecified atom stereocenters. The molecule has 0 radical (unpaired) electrons. The molecule has 0 heterocycles. The fraction of sp³-hybridized carbons (Fsp3) is 0.750. The highest BCUT2D eigenvalue weighted by Gasteiger charge is 2.12. The van der Waals surface area contributed by atoms with E-state index in [9.17, 15) is 14.4 Å². The van der Waals surface area contributed by atoms with Crippen molar-refractivity contribution in [2.45, 2.75) is 92.0 Å². The minimum Gasteiger partial charge on any atom is -0.513 e. The maximum atomic E-state index is 11.3. The molecular weight excluding hydrogens is 334 g/mol. The topological polar surface area (TPSA) is 104 Å². The van der Waals surface area contributed by atoms with Crippen LogP contribution in [0.25, 0.3) is 0 Å². The standard InChI is InChI=1S/C13H23NO4.C5H10O.C2H6/c1-11(13(17)18)14-12(16)9-7-5-3-2-4-6-8-10-15;1-4(2)5(3)6;1-2/h10-11H,2-9H2,1H3,(H,14,16)(H,17,18);4,6H,3H2,1-2H3;1-2H3. The Balaban J connectivity index is -0.000000556. The van der Waals surface area contributed by atoms with Gasteiger partial charge in [-0.05, 0) is 19.8 Å². The normalized spacial score (nSPS) is 10.5. The first-order chi connectivity index (χ1) is 12.2. The minimum atomic E-state index is -1.02. The summed E-state index contributed by atoms with van der Waals surface area (Å²) in [5, 5.41) is 19.5. The highest BCUT2D eigenvalue weighted by atomic mass is 16.4. The second kappa shape index (κ2) is 21.2. The lowest BCUT2D eigenvalue weighted by atomic mass is 10.1. The average Bonchev–Trinajstić information content (AvgIpc) is 2.59. The summed E-state index contributed by atoms with van der Waals surface area (Å²) in [6.07, 6.45) is 7.85. The number of carboxylic acid groups (broad SMARTS) is 1. The quantitative estimate of drug-likeness (QED) is 0.263. The van der Waals surface area contributed by atoms with Crippen LogP contribution in [0.2, 0.25) is 0 Å². The molecule has 1 atom stereocenters. The van der Waals surface area contributed by atoms with Crippen LogP contribution in [0.3, 0.4) is 0 Å². The lowest BCUT2D eigenvalue weighted by Gasteiger charge is -2.08. The maximum absolute atomic E-state index is 11.3. The van der Waals surface area contributed by atoms with Crippen LogP contribution in [0, 0.1) is 5.92 Å². The van der Waals surface area contributed by atoms with E-state index in [4.69, 9.17) is 10.2 Å². The van der Waals surface area contributed by atoms with E-state index in [1.165, 1.54) is 6.92 Å². The third kappa shape index (κ3) is 24.4. The maximum Gasteiger partial charge on any atom is 0.325 e. The zero-order valence-corrected chi connectivity index (χ0v) is 17.2. The van der Waals surface area contributed by atoms with Gasteiger partial charge in [0.15, 0.2) is 0 Å². The Morgan fingerprint density at radius 2 is 1.38 bits per heavy atom. The van der Waals surface area contributed by atoms with Crippen LogP contribution in [0.15, 0.2) is 12.3 Å². The van der Waals surface area contributed by atoms with Crippen LogP contribution in [-0.2, 0) is 14.4 Å². The number of aldehydes is 1. The molecule has 6 nitrogen and oxygen atoms in total. The summed E-state index contributed by atoms with van der Waals surface area (Å²) in [4.78, 5) is 31.9. The number of hydrogen-bond donors (Lipinski definition) is 3. The van der Waals surface area contributed by atoms with Gasteiger partial charge < -0.3 is 20.3 Å². The summed E-state index contributed by atoms with van der Waals surface area (Å²) in [5.74, 6) is -0.746. The minimum absolute atomic E-state index is 0.203. The molecule has 0 fully saturated rings. The van der Waals surface area contributed by atoms with Gasteiger partial charge in [0.1, 0.15) is 12.3 Å². The molecule has 0 aliphatic heterocycles. The molecule has 1 amide bonds. The van der Waals surface area contributed by atoms with Crippen molar-refractivity contribution in [3.63, 3.8) is 0 Å². The van der Waals surface area contributed by atoms with Crippen LogP contribution >= 0.6 is 0 Å². The van der Waals surface area contributed by atoms with Gasteiger partial charge in [-0.3, -0.25) is 9.59 Å². The SMILES string of the molecule is C=C(O)C(C)C.CC.CC(NC(=O)CCCCCCCCC=O)C(=O)O. The summed E-state index contributed by atoms with van der Waals surface area (Å²) >= 11 is 0. The first-order valence-corrected chi connectivity index (χ1v) is 9.55. The van der Waals surface area contributed by atoms with Crippen LogP contribution in [0.4, 0.5) is 0 Å². The molecule has 0 aliphatic carbocycles. The predicted molar refractivity (Wildman–Crippen MR) is 106 cm³/mol. The van der Waals surface area contributed by atoms with Gasteiger partial charge >= 0.3 is 5.97 Å². The molecule has 154 valence electrons. The Hall–Kier alpha value is -1.85. The molecule has 0 saturated heterocycles. The highest BCUT2D eigenvalue weighted by Crippen LogP contribution is 2.08. The highest BCUT2D eigenvalue weighted by molar-refractivity contribution is 5.83. The van der Waals surface area contributed by atoms with Crippen LogP contribution in [0.5, 0.6) is 0 Å². The summed E-state index contributed by atoms with van der Waals surface area (Å²) in [6.45, 7) is 12.5. The van der Waals surface area contributed by atoms with Crippen molar-refractivity contribution in [3.05, 3.63) is 12.3 Å². The van der Waals surface area contributed by atoms with E-state index in [1.54, 1.807) is 0 Å². The Kier molecular flexibility index (Phi) is 23.6. The largest absolute Gasteiger partial charge is 0.513 e. The number of carboxylic acids is 1. The summed E-state index contributed by atoms with van der Waals surface area (Å²) in [6, 6.07) is -0.819. The zero-order chi connectivity index (χ0) is 21.0. The molecule has 0 spiro atoms. The molecule has 6 heteroatoms. The zero-order valence-electron chi connectivity index (χ0n) is 17.2. The molecule has 0 aromatic rings. The van der Waals surface area contributed by atoms with Crippen molar-refractivity contribution in [2.24, 2.45) is 5.92 Å². The number of allylic oxidation sites excluding steroid dienone is 1.